The number of nitrogens with one attached hydrogen (secondary N) is 1. The Balaban J connectivity index is 2.59. The molecule has 0 saturated carbocycles. The normalized spacial score (nSPS) is 10.0. The molecule has 1 heterocycles. The molecule has 1 N–H and O–H groups in total. The lowest BCUT2D eigenvalue weighted by atomic mass is 10.1. The number of aromatic nitrogens is 1. The van der Waals surface area contributed by atoms with E-state index >= 15 is 0 Å². The Kier molecular flexibility index (Phi) is 2.68. The van der Waals surface area contributed by atoms with Gasteiger partial charge in [-0.25, -0.2) is 4.57 Å². The predicted octanol–water partition coefficient (Wildman–Crippen LogP) is 2.22. The second kappa shape index (κ2) is 4.13. The van der Waals surface area contributed by atoms with E-state index in [1.54, 1.807) is 0 Å². The minimum atomic E-state index is 1.15. The van der Waals surface area contributed by atoms with Crippen molar-refractivity contribution < 1.29 is 4.57 Å². The number of anilines is 1. The number of pyridine rings is 1. The van der Waals surface area contributed by atoms with Crippen LogP contribution in [-0.4, -0.2) is 7.05 Å². The fourth-order valence-electron chi connectivity index (χ4n) is 1.73. The molecule has 1 aromatic heterocycles. The molecule has 0 aliphatic rings. The number of hydrogen-bond acceptors (Lipinski definition) is 1. The Hall–Kier alpha value is -1.83. The summed E-state index contributed by atoms with van der Waals surface area (Å²) in [5, 5.41) is 3.21. The zero-order chi connectivity index (χ0) is 10.7. The van der Waals surface area contributed by atoms with E-state index in [0.717, 1.165) is 5.69 Å². The van der Waals surface area contributed by atoms with Gasteiger partial charge >= 0.3 is 0 Å². The van der Waals surface area contributed by atoms with Crippen molar-refractivity contribution in [2.24, 2.45) is 7.05 Å². The fourth-order valence-corrected chi connectivity index (χ4v) is 1.73. The summed E-state index contributed by atoms with van der Waals surface area (Å²) >= 11 is 0. The van der Waals surface area contributed by atoms with E-state index in [9.17, 15) is 0 Å². The van der Waals surface area contributed by atoms with Crippen molar-refractivity contribution >= 4 is 5.69 Å². The number of rotatable bonds is 2. The summed E-state index contributed by atoms with van der Waals surface area (Å²) < 4.78 is 2.12. The summed E-state index contributed by atoms with van der Waals surface area (Å²) in [5.74, 6) is 0. The molecule has 0 atom stereocenters. The Bertz CT molecular complexity index is 464. The van der Waals surface area contributed by atoms with Crippen LogP contribution in [0.5, 0.6) is 0 Å². The minimum Gasteiger partial charge on any atom is -0.387 e. The van der Waals surface area contributed by atoms with Crippen LogP contribution >= 0.6 is 0 Å². The van der Waals surface area contributed by atoms with Crippen molar-refractivity contribution in [3.8, 4) is 11.3 Å². The SMILES string of the molecule is CNc1ccccc1-c1cccc[n+]1C. The van der Waals surface area contributed by atoms with Gasteiger partial charge in [0.25, 0.3) is 0 Å². The zero-order valence-corrected chi connectivity index (χ0v) is 9.07. The molecule has 76 valence electrons. The van der Waals surface area contributed by atoms with Gasteiger partial charge in [0.15, 0.2) is 6.20 Å². The first kappa shape index (κ1) is 9.71. The van der Waals surface area contributed by atoms with Crippen LogP contribution in [0.25, 0.3) is 11.3 Å². The highest BCUT2D eigenvalue weighted by Gasteiger charge is 2.11. The van der Waals surface area contributed by atoms with E-state index in [1.165, 1.54) is 11.3 Å². The van der Waals surface area contributed by atoms with Gasteiger partial charge in [-0.1, -0.05) is 12.1 Å². The predicted molar refractivity (Wildman–Crippen MR) is 62.6 cm³/mol. The van der Waals surface area contributed by atoms with Gasteiger partial charge in [0.2, 0.25) is 5.69 Å². The second-order valence-corrected chi connectivity index (χ2v) is 3.49. The maximum atomic E-state index is 3.21. The quantitative estimate of drug-likeness (QED) is 0.733. The van der Waals surface area contributed by atoms with Crippen LogP contribution in [0.4, 0.5) is 5.69 Å². The molecule has 2 rings (SSSR count). The van der Waals surface area contributed by atoms with Crippen LogP contribution < -0.4 is 9.88 Å². The summed E-state index contributed by atoms with van der Waals surface area (Å²) in [7, 11) is 4.00. The average molecular weight is 199 g/mol. The van der Waals surface area contributed by atoms with Crippen LogP contribution in [0, 0.1) is 0 Å². The third-order valence-corrected chi connectivity index (χ3v) is 2.53. The summed E-state index contributed by atoms with van der Waals surface area (Å²) in [4.78, 5) is 0. The molecule has 0 aliphatic heterocycles. The van der Waals surface area contributed by atoms with Crippen molar-refractivity contribution in [1.29, 1.82) is 0 Å². The van der Waals surface area contributed by atoms with Gasteiger partial charge in [-0.15, -0.1) is 0 Å². The molecule has 15 heavy (non-hydrogen) atoms. The molecule has 0 unspecified atom stereocenters. The number of aryl methyl sites for hydroxylation is 1. The van der Waals surface area contributed by atoms with Crippen molar-refractivity contribution in [3.05, 3.63) is 48.7 Å². The molecular formula is C13H15N2+. The van der Waals surface area contributed by atoms with Gasteiger partial charge in [-0.3, -0.25) is 0 Å². The topological polar surface area (TPSA) is 15.9 Å². The van der Waals surface area contributed by atoms with Crippen molar-refractivity contribution in [3.63, 3.8) is 0 Å². The molecule has 0 amide bonds. The maximum absolute atomic E-state index is 3.21. The molecule has 2 heteroatoms. The third kappa shape index (κ3) is 1.84. The van der Waals surface area contributed by atoms with Gasteiger partial charge in [-0.2, -0.15) is 0 Å². The van der Waals surface area contributed by atoms with E-state index in [2.05, 4.69) is 53.5 Å². The number of benzene rings is 1. The molecule has 0 spiro atoms. The van der Waals surface area contributed by atoms with Crippen LogP contribution in [0.3, 0.4) is 0 Å². The van der Waals surface area contributed by atoms with Crippen LogP contribution in [-0.2, 0) is 7.05 Å². The molecule has 0 fully saturated rings. The zero-order valence-electron chi connectivity index (χ0n) is 9.07. The van der Waals surface area contributed by atoms with Gasteiger partial charge in [0, 0.05) is 24.9 Å². The fraction of sp³-hybridized carbons (Fsp3) is 0.154. The molecule has 0 aliphatic carbocycles. The monoisotopic (exact) mass is 199 g/mol. The van der Waals surface area contributed by atoms with Crippen molar-refractivity contribution in [2.75, 3.05) is 12.4 Å². The molecule has 0 saturated heterocycles. The largest absolute Gasteiger partial charge is 0.387 e. The lowest BCUT2D eigenvalue weighted by molar-refractivity contribution is -0.660. The first-order valence-electron chi connectivity index (χ1n) is 5.05. The maximum Gasteiger partial charge on any atom is 0.214 e. The molecule has 0 bridgehead atoms. The molecule has 2 nitrogen and oxygen atoms in total. The lowest BCUT2D eigenvalue weighted by Crippen LogP contribution is -2.30. The van der Waals surface area contributed by atoms with Gasteiger partial charge in [0.05, 0.1) is 5.56 Å². The smallest absolute Gasteiger partial charge is 0.214 e. The molecule has 2 aromatic rings. The van der Waals surface area contributed by atoms with Gasteiger partial charge in [0.1, 0.15) is 7.05 Å². The Morgan fingerprint density at radius 2 is 1.73 bits per heavy atom. The van der Waals surface area contributed by atoms with Crippen LogP contribution in [0.1, 0.15) is 0 Å². The van der Waals surface area contributed by atoms with Crippen molar-refractivity contribution in [2.45, 2.75) is 0 Å². The van der Waals surface area contributed by atoms with E-state index in [0.29, 0.717) is 0 Å². The first-order chi connectivity index (χ1) is 7.33. The molecular weight excluding hydrogens is 184 g/mol. The first-order valence-corrected chi connectivity index (χ1v) is 5.05. The van der Waals surface area contributed by atoms with E-state index in [4.69, 9.17) is 0 Å². The van der Waals surface area contributed by atoms with Crippen molar-refractivity contribution in [1.82, 2.24) is 0 Å². The summed E-state index contributed by atoms with van der Waals surface area (Å²) in [6, 6.07) is 14.5. The number of para-hydroxylation sites is 1. The van der Waals surface area contributed by atoms with Crippen LogP contribution in [0.2, 0.25) is 0 Å². The van der Waals surface area contributed by atoms with E-state index in [1.807, 2.05) is 19.2 Å². The minimum absolute atomic E-state index is 1.15. The summed E-state index contributed by atoms with van der Waals surface area (Å²) in [6.07, 6.45) is 2.06. The highest BCUT2D eigenvalue weighted by molar-refractivity contribution is 5.73. The highest BCUT2D eigenvalue weighted by Crippen LogP contribution is 2.24. The second-order valence-electron chi connectivity index (χ2n) is 3.49. The van der Waals surface area contributed by atoms with E-state index in [-0.39, 0.29) is 0 Å². The average Bonchev–Trinajstić information content (AvgIpc) is 2.30. The summed E-state index contributed by atoms with van der Waals surface area (Å²) in [5.41, 5.74) is 3.59. The number of hydrogen-bond donors (Lipinski definition) is 1. The van der Waals surface area contributed by atoms with Gasteiger partial charge < -0.3 is 5.32 Å². The Labute approximate surface area is 90.2 Å². The Morgan fingerprint density at radius 3 is 2.47 bits per heavy atom. The highest BCUT2D eigenvalue weighted by atomic mass is 14.9. The molecule has 0 radical (unpaired) electrons. The third-order valence-electron chi connectivity index (χ3n) is 2.53. The molecule has 1 aromatic carbocycles. The summed E-state index contributed by atoms with van der Waals surface area (Å²) in [6.45, 7) is 0. The Morgan fingerprint density at radius 1 is 1.00 bits per heavy atom. The lowest BCUT2D eigenvalue weighted by Gasteiger charge is -2.06. The van der Waals surface area contributed by atoms with E-state index < -0.39 is 0 Å². The van der Waals surface area contributed by atoms with Crippen LogP contribution in [0.15, 0.2) is 48.7 Å². The van der Waals surface area contributed by atoms with Gasteiger partial charge in [-0.05, 0) is 18.2 Å². The standard InChI is InChI=1S/C13H14N2/c1-14-12-8-4-3-7-11(12)13-9-5-6-10-15(13)2/h3-10H,1-2H3/p+1. The number of nitrogens with zero attached hydrogens (tertiary/aromatic N) is 1.